The van der Waals surface area contributed by atoms with Crippen molar-refractivity contribution in [2.75, 3.05) is 7.11 Å². The lowest BCUT2D eigenvalue weighted by molar-refractivity contribution is -0.131. The first-order valence-corrected chi connectivity index (χ1v) is 7.16. The van der Waals surface area contributed by atoms with Crippen LogP contribution in [0.4, 0.5) is 0 Å². The Morgan fingerprint density at radius 1 is 1.29 bits per heavy atom. The van der Waals surface area contributed by atoms with Crippen LogP contribution >= 0.6 is 0 Å². The predicted octanol–water partition coefficient (Wildman–Crippen LogP) is 4.29. The van der Waals surface area contributed by atoms with Crippen LogP contribution in [-0.4, -0.2) is 18.2 Å². The van der Waals surface area contributed by atoms with Crippen molar-refractivity contribution in [1.82, 2.24) is 0 Å². The minimum Gasteiger partial charge on any atom is -0.497 e. The lowest BCUT2D eigenvalue weighted by Gasteiger charge is -2.11. The van der Waals surface area contributed by atoms with Gasteiger partial charge in [-0.1, -0.05) is 31.5 Å². The van der Waals surface area contributed by atoms with Crippen molar-refractivity contribution in [3.05, 3.63) is 47.5 Å². The number of hydrogen-bond acceptors (Lipinski definition) is 2. The molecule has 0 saturated heterocycles. The number of aryl methyl sites for hydroxylation is 1. The molecule has 0 radical (unpaired) electrons. The number of fused-ring (bicyclic) bond motifs is 1. The van der Waals surface area contributed by atoms with Crippen molar-refractivity contribution in [2.24, 2.45) is 0 Å². The normalized spacial score (nSPS) is 11.1. The van der Waals surface area contributed by atoms with E-state index in [1.165, 1.54) is 11.6 Å². The second-order valence-corrected chi connectivity index (χ2v) is 5.00. The standard InChI is InChI=1S/C18H20O3/c1-3-4-5-16-13(8-11-18(19)20)6-7-14-12-15(21-2)9-10-17(14)16/h6-12H,3-5H2,1-2H3,(H,19,20)/b11-8+. The minimum absolute atomic E-state index is 0.831. The lowest BCUT2D eigenvalue weighted by atomic mass is 9.94. The summed E-state index contributed by atoms with van der Waals surface area (Å²) in [5.74, 6) is -0.0935. The van der Waals surface area contributed by atoms with Gasteiger partial charge in [-0.05, 0) is 52.9 Å². The number of aliphatic carboxylic acids is 1. The molecule has 0 atom stereocenters. The molecule has 0 aliphatic carbocycles. The Labute approximate surface area is 124 Å². The quantitative estimate of drug-likeness (QED) is 0.805. The van der Waals surface area contributed by atoms with Crippen LogP contribution in [0.3, 0.4) is 0 Å². The second kappa shape index (κ2) is 6.93. The van der Waals surface area contributed by atoms with E-state index in [-0.39, 0.29) is 0 Å². The van der Waals surface area contributed by atoms with Crippen LogP contribution in [0.25, 0.3) is 16.8 Å². The summed E-state index contributed by atoms with van der Waals surface area (Å²) < 4.78 is 5.26. The molecule has 0 bridgehead atoms. The van der Waals surface area contributed by atoms with Crippen molar-refractivity contribution in [1.29, 1.82) is 0 Å². The van der Waals surface area contributed by atoms with E-state index in [4.69, 9.17) is 9.84 Å². The maximum Gasteiger partial charge on any atom is 0.328 e. The summed E-state index contributed by atoms with van der Waals surface area (Å²) in [6.07, 6.45) is 6.00. The lowest BCUT2D eigenvalue weighted by Crippen LogP contribution is -1.94. The van der Waals surface area contributed by atoms with Gasteiger partial charge in [0.1, 0.15) is 5.75 Å². The highest BCUT2D eigenvalue weighted by Gasteiger charge is 2.07. The molecular weight excluding hydrogens is 264 g/mol. The van der Waals surface area contributed by atoms with Crippen molar-refractivity contribution >= 4 is 22.8 Å². The topological polar surface area (TPSA) is 46.5 Å². The van der Waals surface area contributed by atoms with E-state index in [0.29, 0.717) is 0 Å². The average molecular weight is 284 g/mol. The first-order chi connectivity index (χ1) is 10.2. The van der Waals surface area contributed by atoms with Gasteiger partial charge in [0, 0.05) is 6.08 Å². The molecule has 0 amide bonds. The summed E-state index contributed by atoms with van der Waals surface area (Å²) in [6.45, 7) is 2.15. The van der Waals surface area contributed by atoms with Gasteiger partial charge in [0.15, 0.2) is 0 Å². The molecule has 3 heteroatoms. The number of methoxy groups -OCH3 is 1. The van der Waals surface area contributed by atoms with E-state index in [9.17, 15) is 4.79 Å². The van der Waals surface area contributed by atoms with Crippen LogP contribution in [0, 0.1) is 0 Å². The van der Waals surface area contributed by atoms with E-state index in [2.05, 4.69) is 13.0 Å². The van der Waals surface area contributed by atoms with Gasteiger partial charge in [0.05, 0.1) is 7.11 Å². The van der Waals surface area contributed by atoms with Crippen molar-refractivity contribution in [3.8, 4) is 5.75 Å². The fourth-order valence-corrected chi connectivity index (χ4v) is 2.47. The summed E-state index contributed by atoms with van der Waals surface area (Å²) in [7, 11) is 1.66. The van der Waals surface area contributed by atoms with Gasteiger partial charge in [0.25, 0.3) is 0 Å². The Morgan fingerprint density at radius 3 is 2.76 bits per heavy atom. The predicted molar refractivity (Wildman–Crippen MR) is 85.8 cm³/mol. The number of benzene rings is 2. The second-order valence-electron chi connectivity index (χ2n) is 5.00. The van der Waals surface area contributed by atoms with E-state index in [1.54, 1.807) is 13.2 Å². The van der Waals surface area contributed by atoms with E-state index in [1.807, 2.05) is 24.3 Å². The third kappa shape index (κ3) is 3.63. The highest BCUT2D eigenvalue weighted by atomic mass is 16.5. The number of carboxylic acids is 1. The van der Waals surface area contributed by atoms with Crippen LogP contribution < -0.4 is 4.74 Å². The third-order valence-electron chi connectivity index (χ3n) is 3.56. The summed E-state index contributed by atoms with van der Waals surface area (Å²) in [4.78, 5) is 10.7. The smallest absolute Gasteiger partial charge is 0.328 e. The molecule has 110 valence electrons. The van der Waals surface area contributed by atoms with Crippen LogP contribution in [0.2, 0.25) is 0 Å². The fraction of sp³-hybridized carbons (Fsp3) is 0.278. The first-order valence-electron chi connectivity index (χ1n) is 7.16. The van der Waals surface area contributed by atoms with Gasteiger partial charge in [-0.15, -0.1) is 0 Å². The number of hydrogen-bond donors (Lipinski definition) is 1. The maximum atomic E-state index is 10.7. The molecule has 3 nitrogen and oxygen atoms in total. The summed E-state index contributed by atoms with van der Waals surface area (Å²) in [5.41, 5.74) is 2.18. The summed E-state index contributed by atoms with van der Waals surface area (Å²) in [6, 6.07) is 10.00. The molecule has 21 heavy (non-hydrogen) atoms. The van der Waals surface area contributed by atoms with E-state index >= 15 is 0 Å². The Balaban J connectivity index is 2.55. The molecule has 0 unspecified atom stereocenters. The number of rotatable bonds is 6. The van der Waals surface area contributed by atoms with Gasteiger partial charge in [-0.2, -0.15) is 0 Å². The molecule has 1 N–H and O–H groups in total. The third-order valence-corrected chi connectivity index (χ3v) is 3.56. The Morgan fingerprint density at radius 2 is 2.10 bits per heavy atom. The molecule has 0 heterocycles. The molecular formula is C18H20O3. The van der Waals surface area contributed by atoms with Crippen LogP contribution in [0.15, 0.2) is 36.4 Å². The van der Waals surface area contributed by atoms with Gasteiger partial charge in [0.2, 0.25) is 0 Å². The summed E-state index contributed by atoms with van der Waals surface area (Å²) in [5, 5.41) is 11.1. The van der Waals surface area contributed by atoms with Crippen LogP contribution in [0.1, 0.15) is 30.9 Å². The maximum absolute atomic E-state index is 10.7. The zero-order chi connectivity index (χ0) is 15.2. The number of unbranched alkanes of at least 4 members (excludes halogenated alkanes) is 1. The molecule has 2 aromatic rings. The average Bonchev–Trinajstić information content (AvgIpc) is 2.50. The Bertz CT molecular complexity index is 671. The van der Waals surface area contributed by atoms with Gasteiger partial charge in [-0.3, -0.25) is 0 Å². The first kappa shape index (κ1) is 15.1. The van der Waals surface area contributed by atoms with Gasteiger partial charge < -0.3 is 9.84 Å². The van der Waals surface area contributed by atoms with Crippen LogP contribution in [0.5, 0.6) is 5.75 Å². The molecule has 0 spiro atoms. The number of carbonyl (C=O) groups is 1. The van der Waals surface area contributed by atoms with Crippen molar-refractivity contribution < 1.29 is 14.6 Å². The van der Waals surface area contributed by atoms with Crippen molar-refractivity contribution in [2.45, 2.75) is 26.2 Å². The number of carboxylic acid groups (broad SMARTS) is 1. The molecule has 0 saturated carbocycles. The van der Waals surface area contributed by atoms with Gasteiger partial charge in [-0.25, -0.2) is 4.79 Å². The zero-order valence-electron chi connectivity index (χ0n) is 12.4. The highest BCUT2D eigenvalue weighted by molar-refractivity contribution is 5.92. The highest BCUT2D eigenvalue weighted by Crippen LogP contribution is 2.28. The molecule has 2 aromatic carbocycles. The molecule has 0 aromatic heterocycles. The molecule has 0 aliphatic rings. The Hall–Kier alpha value is -2.29. The van der Waals surface area contributed by atoms with Crippen molar-refractivity contribution in [3.63, 3.8) is 0 Å². The zero-order valence-corrected chi connectivity index (χ0v) is 12.4. The largest absolute Gasteiger partial charge is 0.497 e. The fourth-order valence-electron chi connectivity index (χ4n) is 2.47. The molecule has 0 fully saturated rings. The number of ether oxygens (including phenoxy) is 1. The van der Waals surface area contributed by atoms with Gasteiger partial charge >= 0.3 is 5.97 Å². The monoisotopic (exact) mass is 284 g/mol. The SMILES string of the molecule is CCCCc1c(/C=C/C(=O)O)ccc2cc(OC)ccc12. The minimum atomic E-state index is -0.925. The van der Waals surface area contributed by atoms with Crippen LogP contribution in [-0.2, 0) is 11.2 Å². The molecule has 0 aliphatic heterocycles. The summed E-state index contributed by atoms with van der Waals surface area (Å²) >= 11 is 0. The Kier molecular flexibility index (Phi) is 4.99. The molecule has 2 rings (SSSR count). The van der Waals surface area contributed by atoms with E-state index in [0.717, 1.165) is 41.3 Å². The van der Waals surface area contributed by atoms with E-state index < -0.39 is 5.97 Å².